The van der Waals surface area contributed by atoms with Crippen molar-refractivity contribution in [2.45, 2.75) is 20.3 Å². The zero-order valence-electron chi connectivity index (χ0n) is 13.5. The quantitative estimate of drug-likeness (QED) is 0.542. The minimum Gasteiger partial charge on any atom is -0.426 e. The van der Waals surface area contributed by atoms with Crippen molar-refractivity contribution in [2.24, 2.45) is 0 Å². The van der Waals surface area contributed by atoms with Gasteiger partial charge in [0.05, 0.1) is 17.8 Å². The predicted molar refractivity (Wildman–Crippen MR) is 88.8 cm³/mol. The number of ether oxygens (including phenoxy) is 1. The Bertz CT molecular complexity index is 855. The number of halogens is 1. The average molecular weight is 324 g/mol. The standard InChI is InChI=1S/C19H17FN2O2/c1-13-18(12-19(23)24-17-6-4-3-5-7-17)14(2)22(21-13)16-10-8-15(20)9-11-16/h3-11H,12H2,1-2H3. The van der Waals surface area contributed by atoms with E-state index in [0.29, 0.717) is 5.75 Å². The van der Waals surface area contributed by atoms with E-state index in [0.717, 1.165) is 22.6 Å². The number of carbonyl (C=O) groups excluding carboxylic acids is 1. The second-order valence-corrected chi connectivity index (χ2v) is 5.50. The van der Waals surface area contributed by atoms with Crippen molar-refractivity contribution in [2.75, 3.05) is 0 Å². The van der Waals surface area contributed by atoms with E-state index in [9.17, 15) is 9.18 Å². The molecule has 0 unspecified atom stereocenters. The second kappa shape index (κ2) is 6.66. The predicted octanol–water partition coefficient (Wildman–Crippen LogP) is 3.78. The molecule has 24 heavy (non-hydrogen) atoms. The number of para-hydroxylation sites is 1. The number of rotatable bonds is 4. The Morgan fingerprint density at radius 2 is 1.75 bits per heavy atom. The number of aromatic nitrogens is 2. The molecular formula is C19H17FN2O2. The van der Waals surface area contributed by atoms with Crippen LogP contribution in [-0.4, -0.2) is 15.7 Å². The number of nitrogens with zero attached hydrogens (tertiary/aromatic N) is 2. The molecule has 3 aromatic rings. The SMILES string of the molecule is Cc1nn(-c2ccc(F)cc2)c(C)c1CC(=O)Oc1ccccc1. The van der Waals surface area contributed by atoms with Gasteiger partial charge in [0.2, 0.25) is 0 Å². The zero-order chi connectivity index (χ0) is 17.1. The molecule has 0 aliphatic rings. The second-order valence-electron chi connectivity index (χ2n) is 5.50. The lowest BCUT2D eigenvalue weighted by Crippen LogP contribution is -2.12. The fourth-order valence-corrected chi connectivity index (χ4v) is 2.56. The molecule has 1 heterocycles. The van der Waals surface area contributed by atoms with E-state index < -0.39 is 0 Å². The Labute approximate surface area is 139 Å². The molecule has 0 radical (unpaired) electrons. The highest BCUT2D eigenvalue weighted by Crippen LogP contribution is 2.20. The first-order valence-electron chi connectivity index (χ1n) is 7.61. The van der Waals surface area contributed by atoms with Gasteiger partial charge in [0.25, 0.3) is 0 Å². The summed E-state index contributed by atoms with van der Waals surface area (Å²) in [5, 5.41) is 4.46. The highest BCUT2D eigenvalue weighted by atomic mass is 19.1. The number of hydrogen-bond acceptors (Lipinski definition) is 3. The minimum atomic E-state index is -0.342. The van der Waals surface area contributed by atoms with Crippen LogP contribution in [0.4, 0.5) is 4.39 Å². The van der Waals surface area contributed by atoms with E-state index in [1.54, 1.807) is 28.9 Å². The van der Waals surface area contributed by atoms with Crippen LogP contribution in [0, 0.1) is 19.7 Å². The molecule has 122 valence electrons. The fraction of sp³-hybridized carbons (Fsp3) is 0.158. The van der Waals surface area contributed by atoms with Crippen molar-refractivity contribution in [3.05, 3.63) is 77.4 Å². The van der Waals surface area contributed by atoms with Gasteiger partial charge in [-0.3, -0.25) is 4.79 Å². The molecule has 0 saturated heterocycles. The molecule has 0 amide bonds. The molecule has 0 atom stereocenters. The zero-order valence-corrected chi connectivity index (χ0v) is 13.5. The van der Waals surface area contributed by atoms with Crippen molar-refractivity contribution in [3.63, 3.8) is 0 Å². The molecule has 5 heteroatoms. The van der Waals surface area contributed by atoms with Crippen molar-refractivity contribution in [1.29, 1.82) is 0 Å². The van der Waals surface area contributed by atoms with Gasteiger partial charge in [-0.15, -0.1) is 0 Å². The number of benzene rings is 2. The van der Waals surface area contributed by atoms with Gasteiger partial charge in [-0.05, 0) is 50.2 Å². The van der Waals surface area contributed by atoms with Crippen LogP contribution in [0.15, 0.2) is 54.6 Å². The van der Waals surface area contributed by atoms with Crippen LogP contribution < -0.4 is 4.74 Å². The number of aryl methyl sites for hydroxylation is 1. The van der Waals surface area contributed by atoms with Gasteiger partial charge in [-0.25, -0.2) is 9.07 Å². The highest BCUT2D eigenvalue weighted by molar-refractivity contribution is 5.75. The van der Waals surface area contributed by atoms with Crippen molar-refractivity contribution < 1.29 is 13.9 Å². The van der Waals surface area contributed by atoms with Crippen molar-refractivity contribution >= 4 is 5.97 Å². The summed E-state index contributed by atoms with van der Waals surface area (Å²) < 4.78 is 20.1. The van der Waals surface area contributed by atoms with Gasteiger partial charge in [0, 0.05) is 11.3 Å². The summed E-state index contributed by atoms with van der Waals surface area (Å²) in [6.45, 7) is 3.73. The van der Waals surface area contributed by atoms with Crippen LogP contribution in [0.3, 0.4) is 0 Å². The number of carbonyl (C=O) groups is 1. The Balaban J connectivity index is 1.81. The molecule has 0 bridgehead atoms. The highest BCUT2D eigenvalue weighted by Gasteiger charge is 2.17. The summed E-state index contributed by atoms with van der Waals surface area (Å²) in [7, 11) is 0. The van der Waals surface area contributed by atoms with Crippen LogP contribution in [0.2, 0.25) is 0 Å². The molecule has 3 rings (SSSR count). The molecule has 0 N–H and O–H groups in total. The molecule has 4 nitrogen and oxygen atoms in total. The molecular weight excluding hydrogens is 307 g/mol. The van der Waals surface area contributed by atoms with E-state index in [-0.39, 0.29) is 18.2 Å². The first-order chi connectivity index (χ1) is 11.5. The molecule has 0 spiro atoms. The third-order valence-electron chi connectivity index (χ3n) is 3.81. The lowest BCUT2D eigenvalue weighted by atomic mass is 10.1. The Hall–Kier alpha value is -2.95. The van der Waals surface area contributed by atoms with E-state index in [2.05, 4.69) is 5.10 Å². The Morgan fingerprint density at radius 3 is 2.42 bits per heavy atom. The molecule has 2 aromatic carbocycles. The fourth-order valence-electron chi connectivity index (χ4n) is 2.56. The first kappa shape index (κ1) is 15.9. The summed E-state index contributed by atoms with van der Waals surface area (Å²) >= 11 is 0. The average Bonchev–Trinajstić information content (AvgIpc) is 2.85. The lowest BCUT2D eigenvalue weighted by molar-refractivity contribution is -0.133. The van der Waals surface area contributed by atoms with Gasteiger partial charge < -0.3 is 4.74 Å². The number of hydrogen-bond donors (Lipinski definition) is 0. The van der Waals surface area contributed by atoms with Gasteiger partial charge in [-0.1, -0.05) is 18.2 Å². The largest absolute Gasteiger partial charge is 0.426 e. The van der Waals surface area contributed by atoms with E-state index in [4.69, 9.17) is 4.74 Å². The summed E-state index contributed by atoms with van der Waals surface area (Å²) in [6.07, 6.45) is 0.133. The first-order valence-corrected chi connectivity index (χ1v) is 7.61. The Kier molecular flexibility index (Phi) is 4.42. The third kappa shape index (κ3) is 3.35. The van der Waals surface area contributed by atoms with Crippen LogP contribution in [-0.2, 0) is 11.2 Å². The maximum atomic E-state index is 13.1. The van der Waals surface area contributed by atoms with Gasteiger partial charge in [0.15, 0.2) is 0 Å². The third-order valence-corrected chi connectivity index (χ3v) is 3.81. The van der Waals surface area contributed by atoms with E-state index in [1.165, 1.54) is 12.1 Å². The van der Waals surface area contributed by atoms with Crippen molar-refractivity contribution in [1.82, 2.24) is 9.78 Å². The minimum absolute atomic E-state index is 0.133. The normalized spacial score (nSPS) is 10.6. The maximum absolute atomic E-state index is 13.1. The molecule has 0 fully saturated rings. The van der Waals surface area contributed by atoms with Gasteiger partial charge in [-0.2, -0.15) is 5.10 Å². The summed E-state index contributed by atoms with van der Waals surface area (Å²) in [5.41, 5.74) is 3.16. The summed E-state index contributed by atoms with van der Waals surface area (Å²) in [6, 6.07) is 15.0. The molecule has 0 saturated carbocycles. The topological polar surface area (TPSA) is 44.1 Å². The lowest BCUT2D eigenvalue weighted by Gasteiger charge is -2.06. The van der Waals surface area contributed by atoms with E-state index >= 15 is 0 Å². The van der Waals surface area contributed by atoms with Gasteiger partial charge in [0.1, 0.15) is 11.6 Å². The molecule has 1 aromatic heterocycles. The smallest absolute Gasteiger partial charge is 0.315 e. The maximum Gasteiger partial charge on any atom is 0.315 e. The van der Waals surface area contributed by atoms with Crippen LogP contribution in [0.1, 0.15) is 17.0 Å². The van der Waals surface area contributed by atoms with Gasteiger partial charge >= 0.3 is 5.97 Å². The number of esters is 1. The van der Waals surface area contributed by atoms with Crippen molar-refractivity contribution in [3.8, 4) is 11.4 Å². The monoisotopic (exact) mass is 324 g/mol. The van der Waals surface area contributed by atoms with E-state index in [1.807, 2.05) is 32.0 Å². The van der Waals surface area contributed by atoms with Crippen LogP contribution in [0.5, 0.6) is 5.75 Å². The molecule has 0 aliphatic carbocycles. The summed E-state index contributed by atoms with van der Waals surface area (Å²) in [4.78, 5) is 12.2. The Morgan fingerprint density at radius 1 is 1.08 bits per heavy atom. The summed E-state index contributed by atoms with van der Waals surface area (Å²) in [5.74, 6) is -0.123. The van der Waals surface area contributed by atoms with Crippen LogP contribution in [0.25, 0.3) is 5.69 Å². The molecule has 0 aliphatic heterocycles. The van der Waals surface area contributed by atoms with Crippen LogP contribution >= 0.6 is 0 Å².